The van der Waals surface area contributed by atoms with E-state index in [-0.39, 0.29) is 21.9 Å². The van der Waals surface area contributed by atoms with Crippen LogP contribution in [-0.2, 0) is 0 Å². The highest BCUT2D eigenvalue weighted by Crippen LogP contribution is 2.26. The molecule has 2 nitrogen and oxygen atoms in total. The molecule has 0 aliphatic rings. The monoisotopic (exact) mass is 232 g/mol. The van der Waals surface area contributed by atoms with Gasteiger partial charge in [0.05, 0.1) is 10.9 Å². The third-order valence-electron chi connectivity index (χ3n) is 1.89. The number of fused-ring (bicyclic) bond motifs is 1. The van der Waals surface area contributed by atoms with Gasteiger partial charge in [0, 0.05) is 6.07 Å². The van der Waals surface area contributed by atoms with Gasteiger partial charge in [0.1, 0.15) is 11.0 Å². The second kappa shape index (κ2) is 3.34. The summed E-state index contributed by atoms with van der Waals surface area (Å²) in [7, 11) is 0. The van der Waals surface area contributed by atoms with E-state index in [0.717, 1.165) is 6.07 Å². The maximum Gasteiger partial charge on any atom is 0.195 e. The van der Waals surface area contributed by atoms with Crippen LogP contribution in [0.5, 0.6) is 0 Å². The van der Waals surface area contributed by atoms with Crippen LogP contribution in [-0.4, -0.2) is 9.97 Å². The van der Waals surface area contributed by atoms with Gasteiger partial charge in [-0.25, -0.2) is 23.1 Å². The molecule has 0 N–H and O–H groups in total. The van der Waals surface area contributed by atoms with Gasteiger partial charge in [-0.2, -0.15) is 0 Å². The number of hydrogen-bond donors (Lipinski definition) is 0. The first-order valence-corrected chi connectivity index (χ1v) is 4.36. The predicted molar refractivity (Wildman–Crippen MR) is 49.2 cm³/mol. The Labute approximate surface area is 87.7 Å². The van der Waals surface area contributed by atoms with Crippen molar-refractivity contribution in [3.8, 4) is 0 Å². The van der Waals surface area contributed by atoms with Gasteiger partial charge in [-0.05, 0) is 6.92 Å². The van der Waals surface area contributed by atoms with Crippen molar-refractivity contribution in [2.75, 3.05) is 0 Å². The highest BCUT2D eigenvalue weighted by atomic mass is 35.5. The molecule has 2 rings (SSSR count). The van der Waals surface area contributed by atoms with E-state index >= 15 is 0 Å². The molecule has 2 aromatic rings. The molecule has 0 saturated heterocycles. The average Bonchev–Trinajstić information content (AvgIpc) is 2.13. The molecule has 0 amide bonds. The van der Waals surface area contributed by atoms with Crippen molar-refractivity contribution < 1.29 is 13.2 Å². The predicted octanol–water partition coefficient (Wildman–Crippen LogP) is 3.01. The molecule has 1 heterocycles. The second-order valence-electron chi connectivity index (χ2n) is 2.94. The Morgan fingerprint density at radius 1 is 1.13 bits per heavy atom. The summed E-state index contributed by atoms with van der Waals surface area (Å²) >= 11 is 5.61. The Bertz CT molecular complexity index is 557. The molecule has 0 aliphatic carbocycles. The molecular formula is C9H4ClF3N2. The quantitative estimate of drug-likeness (QED) is 0.515. The van der Waals surface area contributed by atoms with E-state index in [2.05, 4.69) is 9.97 Å². The first-order valence-electron chi connectivity index (χ1n) is 3.98. The maximum atomic E-state index is 13.3. The first kappa shape index (κ1) is 10.2. The van der Waals surface area contributed by atoms with Crippen LogP contribution in [0.4, 0.5) is 13.2 Å². The molecule has 0 aliphatic heterocycles. The van der Waals surface area contributed by atoms with Crippen molar-refractivity contribution in [2.45, 2.75) is 6.92 Å². The van der Waals surface area contributed by atoms with Crippen LogP contribution >= 0.6 is 11.6 Å². The summed E-state index contributed by atoms with van der Waals surface area (Å²) in [5.41, 5.74) is -0.0519. The molecule has 6 heteroatoms. The van der Waals surface area contributed by atoms with Crippen LogP contribution in [0.3, 0.4) is 0 Å². The number of halogens is 4. The van der Waals surface area contributed by atoms with E-state index in [1.807, 2.05) is 0 Å². The molecule has 1 aromatic carbocycles. The van der Waals surface area contributed by atoms with Crippen molar-refractivity contribution in [2.24, 2.45) is 0 Å². The fourth-order valence-electron chi connectivity index (χ4n) is 1.26. The van der Waals surface area contributed by atoms with E-state index in [0.29, 0.717) is 0 Å². The molecular weight excluding hydrogens is 229 g/mol. The third-order valence-corrected chi connectivity index (χ3v) is 2.16. The van der Waals surface area contributed by atoms with Crippen LogP contribution in [0.15, 0.2) is 6.07 Å². The Morgan fingerprint density at radius 3 is 2.47 bits per heavy atom. The molecule has 0 spiro atoms. The molecule has 0 unspecified atom stereocenters. The number of nitrogens with zero attached hydrogens (tertiary/aromatic N) is 2. The largest absolute Gasteiger partial charge is 0.233 e. The first-order chi connectivity index (χ1) is 7.00. The van der Waals surface area contributed by atoms with Crippen LogP contribution in [0, 0.1) is 24.4 Å². The van der Waals surface area contributed by atoms with Gasteiger partial charge in [0.25, 0.3) is 0 Å². The Hall–Kier alpha value is -1.36. The molecule has 0 fully saturated rings. The smallest absolute Gasteiger partial charge is 0.195 e. The van der Waals surface area contributed by atoms with Crippen molar-refractivity contribution in [1.29, 1.82) is 0 Å². The van der Waals surface area contributed by atoms with Crippen molar-refractivity contribution in [3.63, 3.8) is 0 Å². The van der Waals surface area contributed by atoms with E-state index in [1.165, 1.54) is 6.92 Å². The van der Waals surface area contributed by atoms with Crippen LogP contribution in [0.1, 0.15) is 5.82 Å². The van der Waals surface area contributed by atoms with E-state index in [9.17, 15) is 13.2 Å². The number of hydrogen-bond acceptors (Lipinski definition) is 2. The number of aromatic nitrogens is 2. The summed E-state index contributed by atoms with van der Waals surface area (Å²) in [6, 6.07) is 0.786. The molecule has 0 saturated carbocycles. The van der Waals surface area contributed by atoms with Crippen molar-refractivity contribution in [3.05, 3.63) is 34.5 Å². The summed E-state index contributed by atoms with van der Waals surface area (Å²) in [5.74, 6) is -3.97. The van der Waals surface area contributed by atoms with Gasteiger partial charge in [-0.1, -0.05) is 11.6 Å². The zero-order chi connectivity index (χ0) is 11.2. The zero-order valence-electron chi connectivity index (χ0n) is 7.48. The lowest BCUT2D eigenvalue weighted by atomic mass is 10.2. The highest BCUT2D eigenvalue weighted by Gasteiger charge is 2.17. The maximum absolute atomic E-state index is 13.3. The third kappa shape index (κ3) is 1.52. The Balaban J connectivity index is 2.99. The average molecular weight is 233 g/mol. The fraction of sp³-hybridized carbons (Fsp3) is 0.111. The molecule has 15 heavy (non-hydrogen) atoms. The van der Waals surface area contributed by atoms with Crippen molar-refractivity contribution >= 4 is 22.5 Å². The Morgan fingerprint density at radius 2 is 1.80 bits per heavy atom. The highest BCUT2D eigenvalue weighted by molar-refractivity contribution is 6.34. The van der Waals surface area contributed by atoms with E-state index in [4.69, 9.17) is 11.6 Å². The Kier molecular flexibility index (Phi) is 2.26. The summed E-state index contributed by atoms with van der Waals surface area (Å²) in [5, 5.41) is -0.532. The van der Waals surface area contributed by atoms with Gasteiger partial charge < -0.3 is 0 Å². The van der Waals surface area contributed by atoms with Gasteiger partial charge >= 0.3 is 0 Å². The molecule has 0 atom stereocenters. The number of aryl methyl sites for hydroxylation is 1. The minimum Gasteiger partial charge on any atom is -0.233 e. The summed E-state index contributed by atoms with van der Waals surface area (Å²) in [6.07, 6.45) is 0. The van der Waals surface area contributed by atoms with Crippen molar-refractivity contribution in [1.82, 2.24) is 9.97 Å². The molecule has 0 bridgehead atoms. The van der Waals surface area contributed by atoms with Gasteiger partial charge in [0.2, 0.25) is 0 Å². The second-order valence-corrected chi connectivity index (χ2v) is 3.30. The van der Waals surface area contributed by atoms with Gasteiger partial charge in [0.15, 0.2) is 17.5 Å². The summed E-state index contributed by atoms with van der Waals surface area (Å²) < 4.78 is 39.0. The topological polar surface area (TPSA) is 25.8 Å². The van der Waals surface area contributed by atoms with Crippen LogP contribution in [0.2, 0.25) is 5.15 Å². The SMILES string of the molecule is Cc1nc(Cl)c2c(F)c(F)c(F)cc2n1. The molecule has 0 radical (unpaired) electrons. The minimum atomic E-state index is -1.57. The minimum absolute atomic E-state index is 0.0519. The lowest BCUT2D eigenvalue weighted by molar-refractivity contribution is 0.453. The summed E-state index contributed by atoms with van der Waals surface area (Å²) in [4.78, 5) is 7.42. The number of rotatable bonds is 0. The fourth-order valence-corrected chi connectivity index (χ4v) is 1.57. The van der Waals surface area contributed by atoms with Gasteiger partial charge in [-0.3, -0.25) is 0 Å². The van der Waals surface area contributed by atoms with Crippen LogP contribution < -0.4 is 0 Å². The molecule has 78 valence electrons. The molecule has 1 aromatic heterocycles. The van der Waals surface area contributed by atoms with E-state index < -0.39 is 17.5 Å². The van der Waals surface area contributed by atoms with Gasteiger partial charge in [-0.15, -0.1) is 0 Å². The van der Waals surface area contributed by atoms with Crippen LogP contribution in [0.25, 0.3) is 10.9 Å². The standard InChI is InChI=1S/C9H4ClF3N2/c1-3-14-5-2-4(11)7(12)8(13)6(5)9(10)15-3/h2H,1H3. The normalized spacial score (nSPS) is 11.0. The lowest BCUT2D eigenvalue weighted by Gasteiger charge is -2.03. The van der Waals surface area contributed by atoms with E-state index in [1.54, 1.807) is 0 Å². The zero-order valence-corrected chi connectivity index (χ0v) is 8.24. The number of benzene rings is 1. The summed E-state index contributed by atoms with van der Waals surface area (Å²) in [6.45, 7) is 1.52. The lowest BCUT2D eigenvalue weighted by Crippen LogP contribution is -1.98.